The van der Waals surface area contributed by atoms with Crippen LogP contribution in [0.5, 0.6) is 11.5 Å². The van der Waals surface area contributed by atoms with Crippen LogP contribution in [0.3, 0.4) is 0 Å². The lowest BCUT2D eigenvalue weighted by Crippen LogP contribution is -2.20. The Morgan fingerprint density at radius 1 is 0.737 bits per heavy atom. The highest BCUT2D eigenvalue weighted by Gasteiger charge is 2.28. The average molecular weight is 518 g/mol. The minimum Gasteiger partial charge on any atom is -0.507 e. The summed E-state index contributed by atoms with van der Waals surface area (Å²) in [5, 5.41) is 13.7. The van der Waals surface area contributed by atoms with Crippen LogP contribution < -0.4 is 10.1 Å². The largest absolute Gasteiger partial charge is 0.507 e. The third-order valence-electron chi connectivity index (χ3n) is 5.94. The topological polar surface area (TPSA) is 102 Å². The molecule has 7 nitrogen and oxygen atoms in total. The first-order valence-corrected chi connectivity index (χ1v) is 12.5. The summed E-state index contributed by atoms with van der Waals surface area (Å²) in [6.45, 7) is 13.9. The SMILES string of the molecule is CCOC(=O)c1ccc(NC(=O)c2ccc(OC(=O)c3cc(C(C)(C)C)c(O)c(C(C)(C)C)c3)cc2)cc1. The number of amides is 1. The van der Waals surface area contributed by atoms with Crippen LogP contribution in [0.1, 0.15) is 90.7 Å². The number of esters is 2. The van der Waals surface area contributed by atoms with Crippen LogP contribution >= 0.6 is 0 Å². The molecule has 1 amide bonds. The number of hydrogen-bond donors (Lipinski definition) is 2. The molecular formula is C31H35NO6. The molecule has 0 unspecified atom stereocenters. The number of hydrogen-bond acceptors (Lipinski definition) is 6. The summed E-state index contributed by atoms with van der Waals surface area (Å²) in [4.78, 5) is 37.5. The van der Waals surface area contributed by atoms with Crippen molar-refractivity contribution in [2.24, 2.45) is 0 Å². The summed E-state index contributed by atoms with van der Waals surface area (Å²) in [5.41, 5.74) is 2.20. The van der Waals surface area contributed by atoms with E-state index in [0.29, 0.717) is 33.5 Å². The average Bonchev–Trinajstić information content (AvgIpc) is 2.83. The van der Waals surface area contributed by atoms with E-state index in [1.807, 2.05) is 41.5 Å². The Labute approximate surface area is 223 Å². The predicted octanol–water partition coefficient (Wildman–Crippen LogP) is 6.64. The maximum Gasteiger partial charge on any atom is 0.343 e. The van der Waals surface area contributed by atoms with Gasteiger partial charge in [0.25, 0.3) is 5.91 Å². The first-order valence-electron chi connectivity index (χ1n) is 12.5. The number of benzene rings is 3. The van der Waals surface area contributed by atoms with Crippen molar-refractivity contribution in [1.29, 1.82) is 0 Å². The summed E-state index contributed by atoms with van der Waals surface area (Å²) in [7, 11) is 0. The van der Waals surface area contributed by atoms with E-state index in [1.165, 1.54) is 0 Å². The van der Waals surface area contributed by atoms with E-state index in [9.17, 15) is 19.5 Å². The Morgan fingerprint density at radius 3 is 1.71 bits per heavy atom. The van der Waals surface area contributed by atoms with Crippen LogP contribution in [0.2, 0.25) is 0 Å². The number of phenols is 1. The van der Waals surface area contributed by atoms with Crippen LogP contribution in [0.25, 0.3) is 0 Å². The number of carbonyl (C=O) groups is 3. The number of anilines is 1. The van der Waals surface area contributed by atoms with Gasteiger partial charge >= 0.3 is 11.9 Å². The molecule has 0 fully saturated rings. The highest BCUT2D eigenvalue weighted by Crippen LogP contribution is 2.40. The van der Waals surface area contributed by atoms with Gasteiger partial charge in [-0.1, -0.05) is 41.5 Å². The van der Waals surface area contributed by atoms with Crippen molar-refractivity contribution in [2.45, 2.75) is 59.3 Å². The fourth-order valence-electron chi connectivity index (χ4n) is 3.84. The van der Waals surface area contributed by atoms with Crippen molar-refractivity contribution in [3.8, 4) is 11.5 Å². The molecule has 3 aromatic rings. The number of aromatic hydroxyl groups is 1. The molecule has 2 N–H and O–H groups in total. The van der Waals surface area contributed by atoms with E-state index < -0.39 is 11.9 Å². The fraction of sp³-hybridized carbons (Fsp3) is 0.323. The Morgan fingerprint density at radius 2 is 1.24 bits per heavy atom. The monoisotopic (exact) mass is 517 g/mol. The first-order chi connectivity index (χ1) is 17.7. The first kappa shape index (κ1) is 28.4. The van der Waals surface area contributed by atoms with Gasteiger partial charge in [0.2, 0.25) is 0 Å². The van der Waals surface area contributed by atoms with Crippen LogP contribution in [-0.2, 0) is 15.6 Å². The Hall–Kier alpha value is -4.13. The van der Waals surface area contributed by atoms with Gasteiger partial charge in [-0.3, -0.25) is 4.79 Å². The maximum absolute atomic E-state index is 13.0. The molecule has 0 bridgehead atoms. The lowest BCUT2D eigenvalue weighted by molar-refractivity contribution is 0.0526. The quantitative estimate of drug-likeness (QED) is 0.281. The molecule has 0 aliphatic carbocycles. The standard InChI is InChI=1S/C31H35NO6/c1-8-37-28(35)20-9-13-22(14-10-20)32-27(34)19-11-15-23(16-12-19)38-29(36)21-17-24(30(2,3)4)26(33)25(18-21)31(5,6)7/h9-18,33H,8H2,1-7H3,(H,32,34). The Balaban J connectivity index is 1.74. The minimum atomic E-state index is -0.556. The highest BCUT2D eigenvalue weighted by atomic mass is 16.5. The molecule has 0 atom stereocenters. The van der Waals surface area contributed by atoms with Crippen LogP contribution in [0, 0.1) is 0 Å². The van der Waals surface area contributed by atoms with Gasteiger partial charge in [-0.05, 0) is 78.4 Å². The predicted molar refractivity (Wildman–Crippen MR) is 147 cm³/mol. The zero-order chi connectivity index (χ0) is 28.3. The zero-order valence-corrected chi connectivity index (χ0v) is 23.0. The van der Waals surface area contributed by atoms with Crippen molar-refractivity contribution in [1.82, 2.24) is 0 Å². The normalized spacial score (nSPS) is 11.6. The molecule has 200 valence electrons. The van der Waals surface area contributed by atoms with Crippen LogP contribution in [-0.4, -0.2) is 29.6 Å². The van der Waals surface area contributed by atoms with E-state index in [4.69, 9.17) is 9.47 Å². The summed E-state index contributed by atoms with van der Waals surface area (Å²) in [6, 6.07) is 15.9. The molecule has 0 aliphatic rings. The number of rotatable bonds is 6. The fourth-order valence-corrected chi connectivity index (χ4v) is 3.84. The van der Waals surface area contributed by atoms with Crippen molar-refractivity contribution in [2.75, 3.05) is 11.9 Å². The molecule has 0 aliphatic heterocycles. The second kappa shape index (κ2) is 11.1. The third-order valence-corrected chi connectivity index (χ3v) is 5.94. The Bertz CT molecular complexity index is 1290. The zero-order valence-electron chi connectivity index (χ0n) is 23.0. The van der Waals surface area contributed by atoms with Gasteiger partial charge in [-0.15, -0.1) is 0 Å². The van der Waals surface area contributed by atoms with Crippen molar-refractivity contribution in [3.05, 3.63) is 88.5 Å². The molecule has 38 heavy (non-hydrogen) atoms. The number of carbonyl (C=O) groups excluding carboxylic acids is 3. The Kier molecular flexibility index (Phi) is 8.30. The van der Waals surface area contributed by atoms with E-state index in [0.717, 1.165) is 0 Å². The minimum absolute atomic E-state index is 0.187. The molecule has 7 heteroatoms. The highest BCUT2D eigenvalue weighted by molar-refractivity contribution is 6.04. The van der Waals surface area contributed by atoms with Gasteiger partial charge in [0.05, 0.1) is 17.7 Å². The van der Waals surface area contributed by atoms with Gasteiger partial charge in [0.1, 0.15) is 11.5 Å². The number of nitrogens with one attached hydrogen (secondary N) is 1. The third kappa shape index (κ3) is 6.79. The van der Waals surface area contributed by atoms with Crippen molar-refractivity contribution in [3.63, 3.8) is 0 Å². The lowest BCUT2D eigenvalue weighted by atomic mass is 9.78. The molecule has 0 radical (unpaired) electrons. The molecule has 0 aromatic heterocycles. The molecule has 3 aromatic carbocycles. The van der Waals surface area contributed by atoms with Crippen molar-refractivity contribution >= 4 is 23.5 Å². The number of ether oxygens (including phenoxy) is 2. The van der Waals surface area contributed by atoms with Gasteiger partial charge in [-0.2, -0.15) is 0 Å². The van der Waals surface area contributed by atoms with E-state index in [-0.39, 0.29) is 34.8 Å². The van der Waals surface area contributed by atoms with E-state index in [1.54, 1.807) is 67.6 Å². The molecular weight excluding hydrogens is 482 g/mol. The molecule has 3 rings (SSSR count). The number of phenolic OH excluding ortho intramolecular Hbond substituents is 1. The summed E-state index contributed by atoms with van der Waals surface area (Å²) < 4.78 is 10.5. The van der Waals surface area contributed by atoms with E-state index >= 15 is 0 Å². The van der Waals surface area contributed by atoms with Gasteiger partial charge < -0.3 is 19.9 Å². The summed E-state index contributed by atoms with van der Waals surface area (Å²) >= 11 is 0. The molecule has 0 heterocycles. The second-order valence-electron chi connectivity index (χ2n) is 11.1. The molecule has 0 spiro atoms. The second-order valence-corrected chi connectivity index (χ2v) is 11.1. The van der Waals surface area contributed by atoms with Gasteiger partial charge in [-0.25, -0.2) is 9.59 Å². The lowest BCUT2D eigenvalue weighted by Gasteiger charge is -2.27. The van der Waals surface area contributed by atoms with Crippen LogP contribution in [0.15, 0.2) is 60.7 Å². The van der Waals surface area contributed by atoms with Crippen LogP contribution in [0.4, 0.5) is 5.69 Å². The maximum atomic E-state index is 13.0. The molecule has 0 saturated heterocycles. The summed E-state index contributed by atoms with van der Waals surface area (Å²) in [5.74, 6) is -0.859. The van der Waals surface area contributed by atoms with E-state index in [2.05, 4.69) is 5.32 Å². The summed E-state index contributed by atoms with van der Waals surface area (Å²) in [6.07, 6.45) is 0. The van der Waals surface area contributed by atoms with Crippen molar-refractivity contribution < 1.29 is 29.0 Å². The smallest absolute Gasteiger partial charge is 0.343 e. The van der Waals surface area contributed by atoms with Gasteiger partial charge in [0.15, 0.2) is 0 Å². The van der Waals surface area contributed by atoms with Gasteiger partial charge in [0, 0.05) is 22.4 Å². The molecule has 0 saturated carbocycles.